The molecule has 1 N–H and O–H groups in total. The van der Waals surface area contributed by atoms with E-state index in [0.29, 0.717) is 5.02 Å². The van der Waals surface area contributed by atoms with Gasteiger partial charge in [-0.05, 0) is 49.6 Å². The minimum absolute atomic E-state index is 0.173. The van der Waals surface area contributed by atoms with Gasteiger partial charge in [-0.1, -0.05) is 41.9 Å². The molecule has 2 aromatic carbocycles. The topological polar surface area (TPSA) is 86.8 Å². The van der Waals surface area contributed by atoms with Gasteiger partial charge in [-0.3, -0.25) is 13.9 Å². The maximum absolute atomic E-state index is 13.3. The lowest BCUT2D eigenvalue weighted by atomic mass is 10.1. The molecule has 2 rings (SSSR count). The molecule has 0 saturated carbocycles. The van der Waals surface area contributed by atoms with E-state index >= 15 is 0 Å². The Morgan fingerprint density at radius 3 is 2.29 bits per heavy atom. The highest BCUT2D eigenvalue weighted by Crippen LogP contribution is 2.25. The number of nitrogens with zero attached hydrogens (tertiary/aromatic N) is 2. The SMILES string of the molecule is CNC(=O)[C@@H](C)N(Cc1ccccc1C)C(=O)CN(c1ccc(C)c(Cl)c1)S(C)(=O)=O. The molecule has 0 aliphatic heterocycles. The van der Waals surface area contributed by atoms with Crippen LogP contribution in [0.4, 0.5) is 5.69 Å². The first kappa shape index (κ1) is 24.7. The van der Waals surface area contributed by atoms with Gasteiger partial charge in [0, 0.05) is 18.6 Å². The summed E-state index contributed by atoms with van der Waals surface area (Å²) in [6.07, 6.45) is 1.03. The van der Waals surface area contributed by atoms with Crippen LogP contribution in [0.15, 0.2) is 42.5 Å². The summed E-state index contributed by atoms with van der Waals surface area (Å²) in [5.41, 5.74) is 2.92. The van der Waals surface area contributed by atoms with Gasteiger partial charge >= 0.3 is 0 Å². The number of hydrogen-bond acceptors (Lipinski definition) is 4. The number of anilines is 1. The second-order valence-electron chi connectivity index (χ2n) is 7.44. The van der Waals surface area contributed by atoms with Gasteiger partial charge < -0.3 is 10.2 Å². The van der Waals surface area contributed by atoms with E-state index in [1.807, 2.05) is 31.2 Å². The molecule has 7 nitrogen and oxygen atoms in total. The summed E-state index contributed by atoms with van der Waals surface area (Å²) in [6, 6.07) is 11.5. The third-order valence-corrected chi connectivity index (χ3v) is 6.69. The summed E-state index contributed by atoms with van der Waals surface area (Å²) in [5.74, 6) is -0.840. The van der Waals surface area contributed by atoms with Crippen molar-refractivity contribution in [2.45, 2.75) is 33.4 Å². The predicted octanol–water partition coefficient (Wildman–Crippen LogP) is 2.89. The van der Waals surface area contributed by atoms with E-state index in [2.05, 4.69) is 5.32 Å². The third-order valence-electron chi connectivity index (χ3n) is 5.14. The number of benzene rings is 2. The van der Waals surface area contributed by atoms with Crippen molar-refractivity contribution in [3.63, 3.8) is 0 Å². The van der Waals surface area contributed by atoms with Gasteiger partial charge in [-0.25, -0.2) is 8.42 Å². The summed E-state index contributed by atoms with van der Waals surface area (Å²) >= 11 is 6.17. The second-order valence-corrected chi connectivity index (χ2v) is 9.76. The van der Waals surface area contributed by atoms with Crippen LogP contribution in [0.2, 0.25) is 5.02 Å². The fraction of sp³-hybridized carbons (Fsp3) is 0.364. The molecule has 2 aromatic rings. The van der Waals surface area contributed by atoms with Crippen LogP contribution < -0.4 is 9.62 Å². The van der Waals surface area contributed by atoms with Crippen LogP contribution >= 0.6 is 11.6 Å². The smallest absolute Gasteiger partial charge is 0.244 e. The molecule has 0 spiro atoms. The van der Waals surface area contributed by atoms with Crippen molar-refractivity contribution in [2.75, 3.05) is 24.2 Å². The summed E-state index contributed by atoms with van der Waals surface area (Å²) in [4.78, 5) is 27.0. The van der Waals surface area contributed by atoms with Crippen molar-refractivity contribution in [1.29, 1.82) is 0 Å². The van der Waals surface area contributed by atoms with Gasteiger partial charge in [0.15, 0.2) is 0 Å². The van der Waals surface area contributed by atoms with Crippen LogP contribution in [0, 0.1) is 13.8 Å². The monoisotopic (exact) mass is 465 g/mol. The van der Waals surface area contributed by atoms with Crippen molar-refractivity contribution < 1.29 is 18.0 Å². The lowest BCUT2D eigenvalue weighted by molar-refractivity contribution is -0.139. The molecule has 31 heavy (non-hydrogen) atoms. The maximum Gasteiger partial charge on any atom is 0.244 e. The van der Waals surface area contributed by atoms with Crippen LogP contribution in [-0.4, -0.2) is 51.0 Å². The highest BCUT2D eigenvalue weighted by Gasteiger charge is 2.30. The molecule has 0 saturated heterocycles. The lowest BCUT2D eigenvalue weighted by Gasteiger charge is -2.31. The Morgan fingerprint density at radius 2 is 1.74 bits per heavy atom. The highest BCUT2D eigenvalue weighted by atomic mass is 35.5. The second kappa shape index (κ2) is 10.2. The minimum Gasteiger partial charge on any atom is -0.357 e. The fourth-order valence-corrected chi connectivity index (χ4v) is 4.13. The first-order valence-electron chi connectivity index (χ1n) is 9.75. The number of carbonyl (C=O) groups excluding carboxylic acids is 2. The van der Waals surface area contributed by atoms with Crippen molar-refractivity contribution in [2.24, 2.45) is 0 Å². The standard InChI is InChI=1S/C22H28ClN3O4S/c1-15-8-6-7-9-18(15)13-25(17(3)22(28)24-4)21(27)14-26(31(5,29)30)19-11-10-16(2)20(23)12-19/h6-12,17H,13-14H2,1-5H3,(H,24,28)/t17-/m1/s1. The molecule has 0 bridgehead atoms. The number of sulfonamides is 1. The largest absolute Gasteiger partial charge is 0.357 e. The van der Waals surface area contributed by atoms with E-state index in [0.717, 1.165) is 27.3 Å². The molecular weight excluding hydrogens is 438 g/mol. The number of carbonyl (C=O) groups is 2. The van der Waals surface area contributed by atoms with Gasteiger partial charge in [-0.2, -0.15) is 0 Å². The van der Waals surface area contributed by atoms with Crippen LogP contribution in [0.1, 0.15) is 23.6 Å². The zero-order valence-corrected chi connectivity index (χ0v) is 19.9. The molecule has 0 heterocycles. The van der Waals surface area contributed by atoms with E-state index in [1.165, 1.54) is 18.0 Å². The Bertz CT molecular complexity index is 1070. The Kier molecular flexibility index (Phi) is 8.08. The number of rotatable bonds is 8. The summed E-state index contributed by atoms with van der Waals surface area (Å²) in [5, 5.41) is 2.94. The van der Waals surface area contributed by atoms with Gasteiger partial charge in [0.2, 0.25) is 21.8 Å². The zero-order valence-electron chi connectivity index (χ0n) is 18.3. The molecule has 1 atom stereocenters. The average Bonchev–Trinajstić information content (AvgIpc) is 2.71. The number of hydrogen-bond donors (Lipinski definition) is 1. The number of likely N-dealkylation sites (N-methyl/N-ethyl adjacent to an activating group) is 1. The molecule has 9 heteroatoms. The maximum atomic E-state index is 13.3. The van der Waals surface area contributed by atoms with Gasteiger partial charge in [0.1, 0.15) is 12.6 Å². The zero-order chi connectivity index (χ0) is 23.3. The predicted molar refractivity (Wildman–Crippen MR) is 124 cm³/mol. The normalized spacial score (nSPS) is 12.2. The first-order chi connectivity index (χ1) is 14.5. The Morgan fingerprint density at radius 1 is 1.10 bits per heavy atom. The van der Waals surface area contributed by atoms with Crippen molar-refractivity contribution in [3.05, 3.63) is 64.2 Å². The van der Waals surface area contributed by atoms with Crippen LogP contribution in [0.25, 0.3) is 0 Å². The molecule has 0 aliphatic carbocycles. The van der Waals surface area contributed by atoms with E-state index in [4.69, 9.17) is 11.6 Å². The molecule has 168 valence electrons. The van der Waals surface area contributed by atoms with Crippen LogP contribution in [0.3, 0.4) is 0 Å². The molecular formula is C22H28ClN3O4S. The molecule has 0 aromatic heterocycles. The number of aryl methyl sites for hydroxylation is 2. The van der Waals surface area contributed by atoms with Gasteiger partial charge in [0.05, 0.1) is 11.9 Å². The molecule has 0 aliphatic rings. The molecule has 0 fully saturated rings. The Balaban J connectivity index is 2.42. The average molecular weight is 466 g/mol. The van der Waals surface area contributed by atoms with E-state index in [9.17, 15) is 18.0 Å². The molecule has 0 unspecified atom stereocenters. The van der Waals surface area contributed by atoms with E-state index in [-0.39, 0.29) is 18.1 Å². The Hall–Kier alpha value is -2.58. The van der Waals surface area contributed by atoms with Crippen molar-refractivity contribution in [3.8, 4) is 0 Å². The minimum atomic E-state index is -3.78. The third kappa shape index (κ3) is 6.21. The summed E-state index contributed by atoms with van der Waals surface area (Å²) < 4.78 is 26.0. The number of amides is 2. The molecule has 2 amide bonds. The van der Waals surface area contributed by atoms with Crippen molar-refractivity contribution >= 4 is 39.1 Å². The first-order valence-corrected chi connectivity index (χ1v) is 12.0. The fourth-order valence-electron chi connectivity index (χ4n) is 3.11. The number of nitrogens with one attached hydrogen (secondary N) is 1. The van der Waals surface area contributed by atoms with Crippen LogP contribution in [-0.2, 0) is 26.2 Å². The summed E-state index contributed by atoms with van der Waals surface area (Å²) in [6.45, 7) is 5.05. The van der Waals surface area contributed by atoms with Crippen LogP contribution in [0.5, 0.6) is 0 Å². The summed E-state index contributed by atoms with van der Waals surface area (Å²) in [7, 11) is -2.29. The highest BCUT2D eigenvalue weighted by molar-refractivity contribution is 7.92. The van der Waals surface area contributed by atoms with E-state index in [1.54, 1.807) is 26.0 Å². The number of halogens is 1. The van der Waals surface area contributed by atoms with E-state index < -0.39 is 28.5 Å². The molecule has 0 radical (unpaired) electrons. The quantitative estimate of drug-likeness (QED) is 0.649. The Labute approximate surface area is 189 Å². The van der Waals surface area contributed by atoms with Crippen molar-refractivity contribution in [1.82, 2.24) is 10.2 Å². The van der Waals surface area contributed by atoms with Gasteiger partial charge in [0.25, 0.3) is 0 Å². The van der Waals surface area contributed by atoms with Gasteiger partial charge in [-0.15, -0.1) is 0 Å². The lowest BCUT2D eigenvalue weighted by Crippen LogP contribution is -2.50.